The second-order valence-electron chi connectivity index (χ2n) is 5.58. The van der Waals surface area contributed by atoms with Gasteiger partial charge in [0.25, 0.3) is 11.1 Å². The zero-order valence-electron chi connectivity index (χ0n) is 16.3. The third-order valence-corrected chi connectivity index (χ3v) is 4.51. The van der Waals surface area contributed by atoms with Crippen LogP contribution in [0.2, 0.25) is 0 Å². The van der Waals surface area contributed by atoms with E-state index in [1.54, 1.807) is 32.0 Å². The summed E-state index contributed by atoms with van der Waals surface area (Å²) in [5, 5.41) is -0.544. The highest BCUT2D eigenvalue weighted by Crippen LogP contribution is 2.34. The molecular weight excluding hydrogens is 402 g/mol. The van der Waals surface area contributed by atoms with Crippen LogP contribution in [0.4, 0.5) is 4.79 Å². The highest BCUT2D eigenvalue weighted by atomic mass is 32.2. The quantitative estimate of drug-likeness (QED) is 0.436. The molecule has 0 aromatic heterocycles. The van der Waals surface area contributed by atoms with Crippen molar-refractivity contribution in [2.24, 2.45) is 0 Å². The third-order valence-electron chi connectivity index (χ3n) is 3.60. The number of methoxy groups -OCH3 is 1. The number of esters is 2. The number of ether oxygens (including phenoxy) is 4. The van der Waals surface area contributed by atoms with Gasteiger partial charge in [-0.2, -0.15) is 0 Å². The van der Waals surface area contributed by atoms with Gasteiger partial charge >= 0.3 is 11.9 Å². The molecule has 2 rings (SSSR count). The summed E-state index contributed by atoms with van der Waals surface area (Å²) in [6, 6.07) is 4.85. The van der Waals surface area contributed by atoms with Crippen molar-refractivity contribution in [3.05, 3.63) is 28.7 Å². The summed E-state index contributed by atoms with van der Waals surface area (Å²) in [5.74, 6) is -1.05. The van der Waals surface area contributed by atoms with Crippen molar-refractivity contribution in [3.63, 3.8) is 0 Å². The average Bonchev–Trinajstić information content (AvgIpc) is 2.95. The Balaban J connectivity index is 2.19. The smallest absolute Gasteiger partial charge is 0.343 e. The van der Waals surface area contributed by atoms with E-state index in [1.165, 1.54) is 13.2 Å². The van der Waals surface area contributed by atoms with Crippen LogP contribution in [0.5, 0.6) is 11.5 Å². The standard InChI is InChI=1S/C19H21NO8S/c1-4-26-14-8-12(6-7-13(14)28-11-17(22)25-3)9-15-18(23)20(19(24)29-15)10-16(21)27-5-2/h6-9H,4-5,10-11H2,1-3H3. The van der Waals surface area contributed by atoms with Crippen molar-refractivity contribution in [1.29, 1.82) is 0 Å². The van der Waals surface area contributed by atoms with Gasteiger partial charge in [0.1, 0.15) is 6.54 Å². The van der Waals surface area contributed by atoms with Gasteiger partial charge in [0, 0.05) is 0 Å². The molecule has 0 atom stereocenters. The van der Waals surface area contributed by atoms with Crippen molar-refractivity contribution in [2.75, 3.05) is 33.5 Å². The van der Waals surface area contributed by atoms with Crippen molar-refractivity contribution in [3.8, 4) is 11.5 Å². The zero-order chi connectivity index (χ0) is 21.4. The van der Waals surface area contributed by atoms with Crippen LogP contribution in [0.15, 0.2) is 23.1 Å². The molecular formula is C19H21NO8S. The van der Waals surface area contributed by atoms with E-state index in [1.807, 2.05) is 0 Å². The largest absolute Gasteiger partial charge is 0.490 e. The first kappa shape index (κ1) is 22.3. The van der Waals surface area contributed by atoms with Crippen LogP contribution in [0.1, 0.15) is 19.4 Å². The second-order valence-corrected chi connectivity index (χ2v) is 6.57. The van der Waals surface area contributed by atoms with E-state index in [2.05, 4.69) is 4.74 Å². The summed E-state index contributed by atoms with van der Waals surface area (Å²) in [6.07, 6.45) is 1.52. The third kappa shape index (κ3) is 5.98. The van der Waals surface area contributed by atoms with E-state index in [0.29, 0.717) is 23.7 Å². The van der Waals surface area contributed by atoms with Crippen molar-refractivity contribution >= 4 is 40.9 Å². The van der Waals surface area contributed by atoms with Crippen molar-refractivity contribution in [1.82, 2.24) is 4.90 Å². The van der Waals surface area contributed by atoms with Crippen molar-refractivity contribution < 1.29 is 38.1 Å². The zero-order valence-corrected chi connectivity index (χ0v) is 17.1. The lowest BCUT2D eigenvalue weighted by Crippen LogP contribution is -2.34. The van der Waals surface area contributed by atoms with Crippen LogP contribution in [0.25, 0.3) is 6.08 Å². The van der Waals surface area contributed by atoms with Gasteiger partial charge in [0.2, 0.25) is 0 Å². The van der Waals surface area contributed by atoms with Crippen LogP contribution in [0.3, 0.4) is 0 Å². The molecule has 1 aromatic carbocycles. The maximum Gasteiger partial charge on any atom is 0.343 e. The second kappa shape index (κ2) is 10.5. The topological polar surface area (TPSA) is 108 Å². The summed E-state index contributed by atoms with van der Waals surface area (Å²) < 4.78 is 20.2. The van der Waals surface area contributed by atoms with Gasteiger partial charge in [0.05, 0.1) is 25.2 Å². The highest BCUT2D eigenvalue weighted by molar-refractivity contribution is 8.18. The summed E-state index contributed by atoms with van der Waals surface area (Å²) in [7, 11) is 1.26. The van der Waals surface area contributed by atoms with E-state index in [0.717, 1.165) is 16.7 Å². The van der Waals surface area contributed by atoms with Crippen molar-refractivity contribution in [2.45, 2.75) is 13.8 Å². The lowest BCUT2D eigenvalue weighted by atomic mass is 10.2. The predicted molar refractivity (Wildman–Crippen MR) is 104 cm³/mol. The van der Waals surface area contributed by atoms with E-state index in [4.69, 9.17) is 14.2 Å². The van der Waals surface area contributed by atoms with Gasteiger partial charge < -0.3 is 18.9 Å². The predicted octanol–water partition coefficient (Wildman–Crippen LogP) is 2.24. The Morgan fingerprint density at radius 2 is 1.83 bits per heavy atom. The van der Waals surface area contributed by atoms with Crippen LogP contribution < -0.4 is 9.47 Å². The number of carbonyl (C=O) groups excluding carboxylic acids is 4. The molecule has 1 aliphatic heterocycles. The normalized spacial score (nSPS) is 14.9. The van der Waals surface area contributed by atoms with Gasteiger partial charge in [-0.05, 0) is 49.4 Å². The molecule has 2 amide bonds. The van der Waals surface area contributed by atoms with E-state index in [-0.39, 0.29) is 18.1 Å². The first-order chi connectivity index (χ1) is 13.9. The SMILES string of the molecule is CCOC(=O)CN1C(=O)SC(=Cc2ccc(OCC(=O)OC)c(OCC)c2)C1=O. The summed E-state index contributed by atoms with van der Waals surface area (Å²) in [4.78, 5) is 48.4. The molecule has 29 heavy (non-hydrogen) atoms. The molecule has 1 heterocycles. The van der Waals surface area contributed by atoms with Crippen LogP contribution in [-0.2, 0) is 23.9 Å². The average molecular weight is 423 g/mol. The Hall–Kier alpha value is -3.01. The number of hydrogen-bond donors (Lipinski definition) is 0. The summed E-state index contributed by atoms with van der Waals surface area (Å²) >= 11 is 0.735. The first-order valence-electron chi connectivity index (χ1n) is 8.77. The Labute approximate surface area is 171 Å². The molecule has 0 radical (unpaired) electrons. The highest BCUT2D eigenvalue weighted by Gasteiger charge is 2.36. The molecule has 0 aliphatic carbocycles. The van der Waals surface area contributed by atoms with E-state index >= 15 is 0 Å². The van der Waals surface area contributed by atoms with E-state index in [9.17, 15) is 19.2 Å². The van der Waals surface area contributed by atoms with Gasteiger partial charge in [-0.1, -0.05) is 6.07 Å². The maximum atomic E-state index is 12.4. The Bertz CT molecular complexity index is 835. The van der Waals surface area contributed by atoms with Gasteiger partial charge in [-0.25, -0.2) is 4.79 Å². The molecule has 10 heteroatoms. The Kier molecular flexibility index (Phi) is 8.08. The van der Waals surface area contributed by atoms with Crippen LogP contribution in [0, 0.1) is 0 Å². The molecule has 0 saturated carbocycles. The number of imide groups is 1. The number of amides is 2. The summed E-state index contributed by atoms with van der Waals surface area (Å²) in [6.45, 7) is 3.24. The van der Waals surface area contributed by atoms with Crippen LogP contribution >= 0.6 is 11.8 Å². The number of carbonyl (C=O) groups is 4. The number of benzene rings is 1. The first-order valence-corrected chi connectivity index (χ1v) is 9.58. The lowest BCUT2D eigenvalue weighted by Gasteiger charge is -2.12. The van der Waals surface area contributed by atoms with Gasteiger partial charge in [-0.3, -0.25) is 19.3 Å². The molecule has 9 nitrogen and oxygen atoms in total. The number of thioether (sulfide) groups is 1. The minimum Gasteiger partial charge on any atom is -0.490 e. The summed E-state index contributed by atoms with van der Waals surface area (Å²) in [5.41, 5.74) is 0.584. The Morgan fingerprint density at radius 3 is 2.48 bits per heavy atom. The monoisotopic (exact) mass is 423 g/mol. The molecule has 156 valence electrons. The molecule has 0 N–H and O–H groups in total. The van der Waals surface area contributed by atoms with Crippen LogP contribution in [-0.4, -0.2) is 61.5 Å². The molecule has 0 bridgehead atoms. The minimum absolute atomic E-state index is 0.162. The number of hydrogen-bond acceptors (Lipinski definition) is 9. The van der Waals surface area contributed by atoms with E-state index < -0.39 is 29.6 Å². The molecule has 1 fully saturated rings. The fourth-order valence-electron chi connectivity index (χ4n) is 2.32. The number of rotatable bonds is 9. The fraction of sp³-hybridized carbons (Fsp3) is 0.368. The molecule has 1 aromatic rings. The molecule has 1 aliphatic rings. The van der Waals surface area contributed by atoms with Gasteiger partial charge in [-0.15, -0.1) is 0 Å². The maximum absolute atomic E-state index is 12.4. The number of nitrogens with zero attached hydrogens (tertiary/aromatic N) is 1. The fourth-order valence-corrected chi connectivity index (χ4v) is 3.16. The molecule has 0 spiro atoms. The Morgan fingerprint density at radius 1 is 1.07 bits per heavy atom. The minimum atomic E-state index is -0.651. The molecule has 0 unspecified atom stereocenters. The van der Waals surface area contributed by atoms with Gasteiger partial charge in [0.15, 0.2) is 18.1 Å². The lowest BCUT2D eigenvalue weighted by molar-refractivity contribution is -0.146. The molecule has 1 saturated heterocycles.